The van der Waals surface area contributed by atoms with Gasteiger partial charge in [-0.05, 0) is 36.8 Å². The summed E-state index contributed by atoms with van der Waals surface area (Å²) in [5, 5.41) is 3.93. The van der Waals surface area contributed by atoms with Crippen LogP contribution in [0.5, 0.6) is 0 Å². The highest BCUT2D eigenvalue weighted by atomic mass is 32.2. The summed E-state index contributed by atoms with van der Waals surface area (Å²) in [6.45, 7) is 0.937. The molecule has 2 heterocycles. The topological polar surface area (TPSA) is 55.2 Å². The van der Waals surface area contributed by atoms with Gasteiger partial charge in [0.15, 0.2) is 0 Å². The van der Waals surface area contributed by atoms with Gasteiger partial charge in [-0.1, -0.05) is 18.2 Å². The van der Waals surface area contributed by atoms with Gasteiger partial charge in [0.1, 0.15) is 10.7 Å². The Kier molecular flexibility index (Phi) is 4.50. The van der Waals surface area contributed by atoms with Gasteiger partial charge < -0.3 is 0 Å². The molecule has 0 bridgehead atoms. The monoisotopic (exact) mass is 337 g/mol. The quantitative estimate of drug-likeness (QED) is 0.859. The molecule has 1 saturated heterocycles. The van der Waals surface area contributed by atoms with Gasteiger partial charge in [0, 0.05) is 26.3 Å². The fourth-order valence-corrected chi connectivity index (χ4v) is 4.47. The number of hydrogen-bond donors (Lipinski definition) is 0. The molecule has 1 fully saturated rings. The van der Waals surface area contributed by atoms with Gasteiger partial charge in [0.25, 0.3) is 0 Å². The van der Waals surface area contributed by atoms with Crippen molar-refractivity contribution in [1.29, 1.82) is 0 Å². The molecule has 124 valence electrons. The Labute approximate surface area is 135 Å². The molecule has 0 N–H and O–H groups in total. The molecule has 1 aromatic heterocycles. The summed E-state index contributed by atoms with van der Waals surface area (Å²) in [6.07, 6.45) is 5.04. The van der Waals surface area contributed by atoms with Crippen LogP contribution in [-0.4, -0.2) is 35.6 Å². The lowest BCUT2D eigenvalue weighted by molar-refractivity contribution is 0.271. The first-order valence-electron chi connectivity index (χ1n) is 7.69. The number of sulfonamides is 1. The Hall–Kier alpha value is -1.73. The summed E-state index contributed by atoms with van der Waals surface area (Å²) >= 11 is 0. The van der Waals surface area contributed by atoms with Crippen LogP contribution in [0.2, 0.25) is 0 Å². The molecule has 0 atom stereocenters. The molecule has 2 aromatic rings. The molecule has 23 heavy (non-hydrogen) atoms. The number of aryl methyl sites for hydroxylation is 1. The molecule has 1 aliphatic heterocycles. The minimum atomic E-state index is -3.47. The van der Waals surface area contributed by atoms with E-state index in [0.29, 0.717) is 31.0 Å². The average Bonchev–Trinajstić information content (AvgIpc) is 2.98. The third kappa shape index (κ3) is 3.45. The highest BCUT2D eigenvalue weighted by Gasteiger charge is 2.30. The van der Waals surface area contributed by atoms with Crippen molar-refractivity contribution in [3.05, 3.63) is 48.0 Å². The maximum Gasteiger partial charge on any atom is 0.246 e. The predicted octanol–water partition coefficient (Wildman–Crippen LogP) is 2.20. The zero-order valence-electron chi connectivity index (χ0n) is 13.0. The van der Waals surface area contributed by atoms with Crippen molar-refractivity contribution >= 4 is 10.0 Å². The van der Waals surface area contributed by atoms with E-state index in [9.17, 15) is 12.8 Å². The van der Waals surface area contributed by atoms with Crippen molar-refractivity contribution in [2.45, 2.75) is 24.2 Å². The largest absolute Gasteiger partial charge is 0.274 e. The lowest BCUT2D eigenvalue weighted by Gasteiger charge is -2.31. The van der Waals surface area contributed by atoms with Gasteiger partial charge in [0.05, 0.1) is 6.20 Å². The molecule has 0 aliphatic carbocycles. The van der Waals surface area contributed by atoms with E-state index >= 15 is 0 Å². The van der Waals surface area contributed by atoms with Gasteiger partial charge >= 0.3 is 0 Å². The fourth-order valence-electron chi connectivity index (χ4n) is 3.01. The molecule has 7 heteroatoms. The number of hydrogen-bond acceptors (Lipinski definition) is 3. The summed E-state index contributed by atoms with van der Waals surface area (Å²) in [5.74, 6) is 0.130. The van der Waals surface area contributed by atoms with Crippen molar-refractivity contribution in [2.75, 3.05) is 13.1 Å². The molecule has 0 saturated carbocycles. The van der Waals surface area contributed by atoms with Crippen LogP contribution < -0.4 is 0 Å². The smallest absolute Gasteiger partial charge is 0.246 e. The van der Waals surface area contributed by atoms with Crippen LogP contribution in [0.1, 0.15) is 18.4 Å². The minimum Gasteiger partial charge on any atom is -0.274 e. The van der Waals surface area contributed by atoms with Crippen molar-refractivity contribution < 1.29 is 12.8 Å². The zero-order valence-corrected chi connectivity index (χ0v) is 13.8. The van der Waals surface area contributed by atoms with E-state index in [4.69, 9.17) is 0 Å². The van der Waals surface area contributed by atoms with Crippen molar-refractivity contribution in [1.82, 2.24) is 14.1 Å². The number of aromatic nitrogens is 2. The summed E-state index contributed by atoms with van der Waals surface area (Å²) in [7, 11) is -1.78. The number of nitrogens with zero attached hydrogens (tertiary/aromatic N) is 3. The summed E-state index contributed by atoms with van der Waals surface area (Å²) in [4.78, 5) is 0.229. The van der Waals surface area contributed by atoms with Crippen molar-refractivity contribution in [3.63, 3.8) is 0 Å². The molecule has 0 amide bonds. The van der Waals surface area contributed by atoms with Gasteiger partial charge in [-0.3, -0.25) is 4.68 Å². The molecular formula is C16H20FN3O2S. The Bertz CT molecular complexity index is 780. The fraction of sp³-hybridized carbons (Fsp3) is 0.438. The van der Waals surface area contributed by atoms with Crippen LogP contribution in [0.15, 0.2) is 41.6 Å². The third-order valence-electron chi connectivity index (χ3n) is 4.36. The van der Waals surface area contributed by atoms with Gasteiger partial charge in [-0.2, -0.15) is 9.40 Å². The Balaban J connectivity index is 1.63. The summed E-state index contributed by atoms with van der Waals surface area (Å²) in [6, 6.07) is 6.79. The molecular weight excluding hydrogens is 317 g/mol. The van der Waals surface area contributed by atoms with Crippen LogP contribution in [-0.2, 0) is 23.5 Å². The standard InChI is InChI=1S/C16H20FN3O2S/c1-19-12-15(11-18-19)23(21,22)20-8-6-13(7-9-20)10-14-4-2-3-5-16(14)17/h2-5,11-13H,6-10H2,1H3. The Morgan fingerprint density at radius 2 is 1.96 bits per heavy atom. The summed E-state index contributed by atoms with van der Waals surface area (Å²) in [5.41, 5.74) is 0.709. The van der Waals surface area contributed by atoms with Crippen LogP contribution in [0, 0.1) is 11.7 Å². The molecule has 1 aromatic carbocycles. The lowest BCUT2D eigenvalue weighted by Crippen LogP contribution is -2.38. The Morgan fingerprint density at radius 3 is 2.57 bits per heavy atom. The molecule has 1 aliphatic rings. The molecule has 5 nitrogen and oxygen atoms in total. The van der Waals surface area contributed by atoms with E-state index in [-0.39, 0.29) is 10.7 Å². The second kappa shape index (κ2) is 6.41. The van der Waals surface area contributed by atoms with E-state index in [1.54, 1.807) is 19.2 Å². The second-order valence-corrected chi connectivity index (χ2v) is 7.93. The number of piperidine rings is 1. The first-order chi connectivity index (χ1) is 11.0. The van der Waals surface area contributed by atoms with Crippen LogP contribution in [0.3, 0.4) is 0 Å². The van der Waals surface area contributed by atoms with Crippen LogP contribution >= 0.6 is 0 Å². The Morgan fingerprint density at radius 1 is 1.26 bits per heavy atom. The zero-order chi connectivity index (χ0) is 16.4. The van der Waals surface area contributed by atoms with Crippen molar-refractivity contribution in [2.24, 2.45) is 13.0 Å². The van der Waals surface area contributed by atoms with Gasteiger partial charge in [-0.25, -0.2) is 12.8 Å². The molecule has 3 rings (SSSR count). The second-order valence-electron chi connectivity index (χ2n) is 5.99. The molecule has 0 unspecified atom stereocenters. The highest BCUT2D eigenvalue weighted by Crippen LogP contribution is 2.26. The number of halogens is 1. The minimum absolute atomic E-state index is 0.182. The summed E-state index contributed by atoms with van der Waals surface area (Å²) < 4.78 is 41.8. The van der Waals surface area contributed by atoms with Gasteiger partial charge in [0.2, 0.25) is 10.0 Å². The maximum absolute atomic E-state index is 13.7. The first kappa shape index (κ1) is 16.1. The number of rotatable bonds is 4. The maximum atomic E-state index is 13.7. The van der Waals surface area contributed by atoms with E-state index in [2.05, 4.69) is 5.10 Å². The SMILES string of the molecule is Cn1cc(S(=O)(=O)N2CCC(Cc3ccccc3F)CC2)cn1. The first-order valence-corrected chi connectivity index (χ1v) is 9.13. The van der Waals surface area contributed by atoms with Crippen molar-refractivity contribution in [3.8, 4) is 0 Å². The lowest BCUT2D eigenvalue weighted by atomic mass is 9.91. The third-order valence-corrected chi connectivity index (χ3v) is 6.21. The van der Waals surface area contributed by atoms with E-state index in [0.717, 1.165) is 12.8 Å². The van der Waals surface area contributed by atoms with E-state index < -0.39 is 10.0 Å². The molecule has 0 spiro atoms. The molecule has 0 radical (unpaired) electrons. The normalized spacial score (nSPS) is 17.5. The predicted molar refractivity (Wildman–Crippen MR) is 84.8 cm³/mol. The number of benzene rings is 1. The highest BCUT2D eigenvalue weighted by molar-refractivity contribution is 7.89. The van der Waals surface area contributed by atoms with Crippen LogP contribution in [0.25, 0.3) is 0 Å². The van der Waals surface area contributed by atoms with E-state index in [1.165, 1.54) is 27.4 Å². The average molecular weight is 337 g/mol. The van der Waals surface area contributed by atoms with E-state index in [1.807, 2.05) is 6.07 Å². The van der Waals surface area contributed by atoms with Gasteiger partial charge in [-0.15, -0.1) is 0 Å². The van der Waals surface area contributed by atoms with Crippen LogP contribution in [0.4, 0.5) is 4.39 Å².